The summed E-state index contributed by atoms with van der Waals surface area (Å²) in [6.45, 7) is 2.19. The molecule has 1 aromatic carbocycles. The molecule has 0 fully saturated rings. The van der Waals surface area contributed by atoms with Gasteiger partial charge in [0.1, 0.15) is 12.3 Å². The molecule has 19 heavy (non-hydrogen) atoms. The first-order valence-corrected chi connectivity index (χ1v) is 5.96. The van der Waals surface area contributed by atoms with E-state index in [4.69, 9.17) is 4.74 Å². The second-order valence-corrected chi connectivity index (χ2v) is 4.37. The van der Waals surface area contributed by atoms with Crippen LogP contribution in [-0.4, -0.2) is 10.5 Å². The van der Waals surface area contributed by atoms with Crippen molar-refractivity contribution in [1.29, 1.82) is 0 Å². The van der Waals surface area contributed by atoms with Gasteiger partial charge in [-0.3, -0.25) is 4.79 Å². The first-order chi connectivity index (χ1) is 9.08. The van der Waals surface area contributed by atoms with Gasteiger partial charge in [-0.25, -0.2) is 4.79 Å². The number of aromatic nitrogens is 1. The second kappa shape index (κ2) is 5.52. The van der Waals surface area contributed by atoms with Gasteiger partial charge in [-0.1, -0.05) is 35.9 Å². The molecule has 0 saturated carbocycles. The van der Waals surface area contributed by atoms with Crippen molar-refractivity contribution in [2.45, 2.75) is 13.5 Å². The van der Waals surface area contributed by atoms with E-state index in [2.05, 4.69) is 0 Å². The molecular weight excluding hydrogens is 242 g/mol. The van der Waals surface area contributed by atoms with Gasteiger partial charge < -0.3 is 9.30 Å². The lowest BCUT2D eigenvalue weighted by Gasteiger charge is -2.08. The number of hydrogen-bond donors (Lipinski definition) is 0. The number of esters is 1. The minimum absolute atomic E-state index is 0.197. The molecular formula is C15H15NO3. The van der Waals surface area contributed by atoms with Gasteiger partial charge in [0, 0.05) is 13.1 Å². The fourth-order valence-corrected chi connectivity index (χ4v) is 1.68. The van der Waals surface area contributed by atoms with Crippen LogP contribution in [0, 0.1) is 6.92 Å². The third-order valence-corrected chi connectivity index (χ3v) is 2.88. The summed E-state index contributed by atoms with van der Waals surface area (Å²) in [6, 6.07) is 12.3. The maximum atomic E-state index is 11.9. The van der Waals surface area contributed by atoms with Crippen LogP contribution in [0.25, 0.3) is 0 Å². The molecule has 0 aliphatic heterocycles. The van der Waals surface area contributed by atoms with Gasteiger partial charge in [-0.15, -0.1) is 0 Å². The zero-order chi connectivity index (χ0) is 13.8. The van der Waals surface area contributed by atoms with E-state index >= 15 is 0 Å². The summed E-state index contributed by atoms with van der Waals surface area (Å²) >= 11 is 0. The number of hydrogen-bond acceptors (Lipinski definition) is 3. The Hall–Kier alpha value is -2.36. The summed E-state index contributed by atoms with van der Waals surface area (Å²) in [4.78, 5) is 23.3. The van der Waals surface area contributed by atoms with Crippen molar-refractivity contribution in [3.63, 3.8) is 0 Å². The van der Waals surface area contributed by atoms with Gasteiger partial charge in [0.05, 0.1) is 0 Å². The summed E-state index contributed by atoms with van der Waals surface area (Å²) in [6.07, 6.45) is 0. The molecule has 4 heteroatoms. The third-order valence-electron chi connectivity index (χ3n) is 2.88. The highest BCUT2D eigenvalue weighted by Gasteiger charge is 2.11. The van der Waals surface area contributed by atoms with Crippen molar-refractivity contribution in [2.24, 2.45) is 7.05 Å². The maximum absolute atomic E-state index is 11.9. The molecule has 98 valence electrons. The highest BCUT2D eigenvalue weighted by molar-refractivity contribution is 5.87. The Morgan fingerprint density at radius 2 is 1.84 bits per heavy atom. The Morgan fingerprint density at radius 1 is 1.16 bits per heavy atom. The number of ether oxygens (including phenoxy) is 1. The van der Waals surface area contributed by atoms with E-state index in [0.717, 1.165) is 11.1 Å². The standard InChI is InChI=1S/C15H15NO3/c1-11-6-8-12(9-7-11)10-19-15(18)13-4-3-5-14(17)16(13)2/h3-9H,10H2,1-2H3. The lowest BCUT2D eigenvalue weighted by atomic mass is 10.2. The minimum Gasteiger partial charge on any atom is -0.456 e. The molecule has 0 atom stereocenters. The van der Waals surface area contributed by atoms with E-state index in [1.165, 1.54) is 10.6 Å². The number of nitrogens with zero attached hydrogens (tertiary/aromatic N) is 1. The molecule has 0 radical (unpaired) electrons. The van der Waals surface area contributed by atoms with Crippen LogP contribution in [0.5, 0.6) is 0 Å². The fraction of sp³-hybridized carbons (Fsp3) is 0.200. The Labute approximate surface area is 111 Å². The van der Waals surface area contributed by atoms with E-state index in [1.807, 2.05) is 31.2 Å². The van der Waals surface area contributed by atoms with Crippen molar-refractivity contribution in [2.75, 3.05) is 0 Å². The van der Waals surface area contributed by atoms with Crippen LogP contribution in [0.3, 0.4) is 0 Å². The largest absolute Gasteiger partial charge is 0.456 e. The number of carbonyl (C=O) groups is 1. The molecule has 0 aliphatic rings. The van der Waals surface area contributed by atoms with Crippen LogP contribution in [0.4, 0.5) is 0 Å². The summed E-state index contributed by atoms with van der Waals surface area (Å²) in [5, 5.41) is 0. The Kier molecular flexibility index (Phi) is 3.80. The normalized spacial score (nSPS) is 10.2. The van der Waals surface area contributed by atoms with Gasteiger partial charge in [0.15, 0.2) is 0 Å². The lowest BCUT2D eigenvalue weighted by molar-refractivity contribution is 0.0460. The lowest BCUT2D eigenvalue weighted by Crippen LogP contribution is -2.22. The third kappa shape index (κ3) is 3.10. The fourth-order valence-electron chi connectivity index (χ4n) is 1.68. The number of carbonyl (C=O) groups excluding carboxylic acids is 1. The molecule has 2 aromatic rings. The topological polar surface area (TPSA) is 48.3 Å². The summed E-state index contributed by atoms with van der Waals surface area (Å²) < 4.78 is 6.47. The first-order valence-electron chi connectivity index (χ1n) is 5.96. The number of rotatable bonds is 3. The molecule has 0 unspecified atom stereocenters. The van der Waals surface area contributed by atoms with Crippen molar-refractivity contribution in [3.8, 4) is 0 Å². The molecule has 2 rings (SSSR count). The molecule has 0 bridgehead atoms. The van der Waals surface area contributed by atoms with Crippen molar-refractivity contribution in [3.05, 3.63) is 69.6 Å². The van der Waals surface area contributed by atoms with Gasteiger partial charge >= 0.3 is 5.97 Å². The van der Waals surface area contributed by atoms with Crippen LogP contribution < -0.4 is 5.56 Å². The monoisotopic (exact) mass is 257 g/mol. The first kappa shape index (κ1) is 13.1. The second-order valence-electron chi connectivity index (χ2n) is 4.37. The minimum atomic E-state index is -0.499. The summed E-state index contributed by atoms with van der Waals surface area (Å²) in [5.74, 6) is -0.499. The van der Waals surface area contributed by atoms with Crippen molar-refractivity contribution < 1.29 is 9.53 Å². The number of aryl methyl sites for hydroxylation is 1. The molecule has 0 aliphatic carbocycles. The molecule has 0 saturated heterocycles. The molecule has 0 spiro atoms. The van der Waals surface area contributed by atoms with E-state index in [1.54, 1.807) is 19.2 Å². The molecule has 0 N–H and O–H groups in total. The van der Waals surface area contributed by atoms with Crippen LogP contribution in [0.15, 0.2) is 47.3 Å². The zero-order valence-corrected chi connectivity index (χ0v) is 10.9. The van der Waals surface area contributed by atoms with E-state index in [0.29, 0.717) is 0 Å². The van der Waals surface area contributed by atoms with Crippen LogP contribution in [0.2, 0.25) is 0 Å². The predicted molar refractivity (Wildman–Crippen MR) is 72.0 cm³/mol. The van der Waals surface area contributed by atoms with Crippen LogP contribution in [0.1, 0.15) is 21.6 Å². The van der Waals surface area contributed by atoms with Crippen molar-refractivity contribution in [1.82, 2.24) is 4.57 Å². The quantitative estimate of drug-likeness (QED) is 0.791. The maximum Gasteiger partial charge on any atom is 0.355 e. The van der Waals surface area contributed by atoms with E-state index in [9.17, 15) is 9.59 Å². The molecule has 1 aromatic heterocycles. The van der Waals surface area contributed by atoms with Gasteiger partial charge in [0.2, 0.25) is 0 Å². The zero-order valence-electron chi connectivity index (χ0n) is 10.9. The highest BCUT2D eigenvalue weighted by Crippen LogP contribution is 2.06. The van der Waals surface area contributed by atoms with Gasteiger partial charge in [0.25, 0.3) is 5.56 Å². The molecule has 1 heterocycles. The van der Waals surface area contributed by atoms with Crippen LogP contribution in [-0.2, 0) is 18.4 Å². The van der Waals surface area contributed by atoms with Crippen LogP contribution >= 0.6 is 0 Å². The average Bonchev–Trinajstić information content (AvgIpc) is 2.41. The van der Waals surface area contributed by atoms with E-state index in [-0.39, 0.29) is 17.9 Å². The van der Waals surface area contributed by atoms with Crippen molar-refractivity contribution >= 4 is 5.97 Å². The average molecular weight is 257 g/mol. The SMILES string of the molecule is Cc1ccc(COC(=O)c2cccc(=O)n2C)cc1. The molecule has 0 amide bonds. The predicted octanol–water partition coefficient (Wildman–Crippen LogP) is 2.05. The highest BCUT2D eigenvalue weighted by atomic mass is 16.5. The summed E-state index contributed by atoms with van der Waals surface area (Å²) in [5.41, 5.74) is 2.09. The Morgan fingerprint density at radius 3 is 2.53 bits per heavy atom. The van der Waals surface area contributed by atoms with Gasteiger partial charge in [-0.05, 0) is 18.6 Å². The Bertz CT molecular complexity index is 641. The van der Waals surface area contributed by atoms with E-state index < -0.39 is 5.97 Å². The smallest absolute Gasteiger partial charge is 0.355 e. The van der Waals surface area contributed by atoms with Gasteiger partial charge in [-0.2, -0.15) is 0 Å². The summed E-state index contributed by atoms with van der Waals surface area (Å²) in [7, 11) is 1.55. The number of benzene rings is 1. The molecule has 4 nitrogen and oxygen atoms in total. The number of pyridine rings is 1. The Balaban J connectivity index is 2.07.